The molecule has 20 heavy (non-hydrogen) atoms. The Labute approximate surface area is 120 Å². The number of benzene rings is 1. The number of ether oxygens (including phenoxy) is 1. The van der Waals surface area contributed by atoms with Gasteiger partial charge in [0.05, 0.1) is 0 Å². The third kappa shape index (κ3) is 4.23. The molecular formula is C16H24N2O2. The minimum absolute atomic E-state index is 0.0454. The van der Waals surface area contributed by atoms with Gasteiger partial charge < -0.3 is 15.8 Å². The van der Waals surface area contributed by atoms with Gasteiger partial charge in [-0.05, 0) is 24.8 Å². The maximum atomic E-state index is 11.9. The van der Waals surface area contributed by atoms with Crippen LogP contribution in [0, 0.1) is 5.92 Å². The van der Waals surface area contributed by atoms with E-state index in [1.54, 1.807) is 0 Å². The SMILES string of the molecule is CC1CCCC(NC(=O)COc2ccccc2CN)C1. The Morgan fingerprint density at radius 3 is 2.95 bits per heavy atom. The van der Waals surface area contributed by atoms with E-state index in [1.807, 2.05) is 24.3 Å². The fraction of sp³-hybridized carbons (Fsp3) is 0.562. The van der Waals surface area contributed by atoms with E-state index < -0.39 is 0 Å². The van der Waals surface area contributed by atoms with Crippen LogP contribution in [0.2, 0.25) is 0 Å². The molecule has 0 bridgehead atoms. The highest BCUT2D eigenvalue weighted by atomic mass is 16.5. The number of hydrogen-bond acceptors (Lipinski definition) is 3. The van der Waals surface area contributed by atoms with Crippen molar-refractivity contribution in [2.45, 2.75) is 45.2 Å². The molecule has 0 aliphatic heterocycles. The van der Waals surface area contributed by atoms with Crippen molar-refractivity contribution in [3.63, 3.8) is 0 Å². The Morgan fingerprint density at radius 2 is 2.20 bits per heavy atom. The van der Waals surface area contributed by atoms with E-state index in [0.29, 0.717) is 24.3 Å². The van der Waals surface area contributed by atoms with Crippen LogP contribution >= 0.6 is 0 Å². The molecule has 0 heterocycles. The maximum absolute atomic E-state index is 11.9. The molecule has 3 N–H and O–H groups in total. The first kappa shape index (κ1) is 14.9. The van der Waals surface area contributed by atoms with Gasteiger partial charge in [0.15, 0.2) is 6.61 Å². The molecule has 1 aromatic carbocycles. The fourth-order valence-corrected chi connectivity index (χ4v) is 2.79. The normalized spacial score (nSPS) is 22.3. The summed E-state index contributed by atoms with van der Waals surface area (Å²) < 4.78 is 5.57. The average Bonchev–Trinajstić information content (AvgIpc) is 2.45. The monoisotopic (exact) mass is 276 g/mol. The second-order valence-corrected chi connectivity index (χ2v) is 5.64. The first-order valence-electron chi connectivity index (χ1n) is 7.39. The highest BCUT2D eigenvalue weighted by molar-refractivity contribution is 5.77. The van der Waals surface area contributed by atoms with Crippen LogP contribution in [0.4, 0.5) is 0 Å². The molecule has 1 aliphatic rings. The predicted octanol–water partition coefficient (Wildman–Crippen LogP) is 2.22. The number of rotatable bonds is 5. The van der Waals surface area contributed by atoms with Gasteiger partial charge in [-0.2, -0.15) is 0 Å². The summed E-state index contributed by atoms with van der Waals surface area (Å²) in [6.07, 6.45) is 4.62. The number of hydrogen-bond donors (Lipinski definition) is 2. The molecule has 1 aromatic rings. The van der Waals surface area contributed by atoms with Crippen LogP contribution in [0.1, 0.15) is 38.2 Å². The van der Waals surface area contributed by atoms with Crippen molar-refractivity contribution >= 4 is 5.91 Å². The average molecular weight is 276 g/mol. The number of nitrogens with two attached hydrogens (primary N) is 1. The van der Waals surface area contributed by atoms with Gasteiger partial charge in [0, 0.05) is 18.2 Å². The molecule has 0 spiro atoms. The summed E-state index contributed by atoms with van der Waals surface area (Å²) in [6.45, 7) is 2.71. The van der Waals surface area contributed by atoms with Crippen molar-refractivity contribution in [2.24, 2.45) is 11.7 Å². The molecule has 4 heteroatoms. The van der Waals surface area contributed by atoms with E-state index in [2.05, 4.69) is 12.2 Å². The molecule has 110 valence electrons. The van der Waals surface area contributed by atoms with E-state index in [9.17, 15) is 4.79 Å². The topological polar surface area (TPSA) is 64.3 Å². The number of carbonyl (C=O) groups is 1. The van der Waals surface area contributed by atoms with Crippen LogP contribution in [0.3, 0.4) is 0 Å². The van der Waals surface area contributed by atoms with Crippen LogP contribution < -0.4 is 15.8 Å². The lowest BCUT2D eigenvalue weighted by Crippen LogP contribution is -2.40. The van der Waals surface area contributed by atoms with Gasteiger partial charge in [-0.15, -0.1) is 0 Å². The number of nitrogens with one attached hydrogen (secondary N) is 1. The molecule has 1 aliphatic carbocycles. The lowest BCUT2D eigenvalue weighted by atomic mass is 9.87. The zero-order valence-electron chi connectivity index (χ0n) is 12.1. The molecule has 2 atom stereocenters. The quantitative estimate of drug-likeness (QED) is 0.866. The Kier molecular flexibility index (Phi) is 5.41. The van der Waals surface area contributed by atoms with Gasteiger partial charge in [-0.3, -0.25) is 4.79 Å². The highest BCUT2D eigenvalue weighted by Crippen LogP contribution is 2.23. The van der Waals surface area contributed by atoms with E-state index in [4.69, 9.17) is 10.5 Å². The molecule has 2 rings (SSSR count). The maximum Gasteiger partial charge on any atom is 0.258 e. The smallest absolute Gasteiger partial charge is 0.258 e. The van der Waals surface area contributed by atoms with Gasteiger partial charge in [0.25, 0.3) is 5.91 Å². The fourth-order valence-electron chi connectivity index (χ4n) is 2.79. The van der Waals surface area contributed by atoms with Gasteiger partial charge >= 0.3 is 0 Å². The largest absolute Gasteiger partial charge is 0.483 e. The Morgan fingerprint density at radius 1 is 1.40 bits per heavy atom. The van der Waals surface area contributed by atoms with Gasteiger partial charge in [-0.25, -0.2) is 0 Å². The molecule has 0 radical (unpaired) electrons. The lowest BCUT2D eigenvalue weighted by molar-refractivity contribution is -0.124. The van der Waals surface area contributed by atoms with Crippen LogP contribution in [-0.2, 0) is 11.3 Å². The Bertz CT molecular complexity index is 448. The third-order valence-electron chi connectivity index (χ3n) is 3.85. The standard InChI is InChI=1S/C16H24N2O2/c1-12-5-4-7-14(9-12)18-16(19)11-20-15-8-3-2-6-13(15)10-17/h2-3,6,8,12,14H,4-5,7,9-11,17H2,1H3,(H,18,19). The lowest BCUT2D eigenvalue weighted by Gasteiger charge is -2.27. The first-order chi connectivity index (χ1) is 9.69. The number of amides is 1. The molecule has 0 aromatic heterocycles. The summed E-state index contributed by atoms with van der Waals surface area (Å²) >= 11 is 0. The molecule has 0 saturated heterocycles. The number of carbonyl (C=O) groups excluding carboxylic acids is 1. The first-order valence-corrected chi connectivity index (χ1v) is 7.39. The van der Waals surface area contributed by atoms with E-state index >= 15 is 0 Å². The number of para-hydroxylation sites is 1. The van der Waals surface area contributed by atoms with Crippen molar-refractivity contribution in [1.29, 1.82) is 0 Å². The summed E-state index contributed by atoms with van der Waals surface area (Å²) in [7, 11) is 0. The van der Waals surface area contributed by atoms with Crippen LogP contribution in [0.25, 0.3) is 0 Å². The summed E-state index contributed by atoms with van der Waals surface area (Å²) in [4.78, 5) is 11.9. The van der Waals surface area contributed by atoms with Crippen molar-refractivity contribution in [3.8, 4) is 5.75 Å². The zero-order valence-corrected chi connectivity index (χ0v) is 12.1. The van der Waals surface area contributed by atoms with Crippen LogP contribution in [0.15, 0.2) is 24.3 Å². The Balaban J connectivity index is 1.80. The second-order valence-electron chi connectivity index (χ2n) is 5.64. The second kappa shape index (κ2) is 7.29. The third-order valence-corrected chi connectivity index (χ3v) is 3.85. The summed E-state index contributed by atoms with van der Waals surface area (Å²) in [5, 5.41) is 3.06. The van der Waals surface area contributed by atoms with Gasteiger partial charge in [0.1, 0.15) is 5.75 Å². The summed E-state index contributed by atoms with van der Waals surface area (Å²) in [6, 6.07) is 7.86. The van der Waals surface area contributed by atoms with E-state index in [1.165, 1.54) is 12.8 Å². The molecular weight excluding hydrogens is 252 g/mol. The van der Waals surface area contributed by atoms with Crippen molar-refractivity contribution in [3.05, 3.63) is 29.8 Å². The molecule has 1 saturated carbocycles. The van der Waals surface area contributed by atoms with Crippen molar-refractivity contribution in [1.82, 2.24) is 5.32 Å². The van der Waals surface area contributed by atoms with Crippen molar-refractivity contribution in [2.75, 3.05) is 6.61 Å². The molecule has 1 fully saturated rings. The van der Waals surface area contributed by atoms with Crippen molar-refractivity contribution < 1.29 is 9.53 Å². The molecule has 2 unspecified atom stereocenters. The Hall–Kier alpha value is -1.55. The minimum Gasteiger partial charge on any atom is -0.483 e. The molecule has 4 nitrogen and oxygen atoms in total. The summed E-state index contributed by atoms with van der Waals surface area (Å²) in [5.74, 6) is 1.35. The zero-order chi connectivity index (χ0) is 14.4. The van der Waals surface area contributed by atoms with Gasteiger partial charge in [0.2, 0.25) is 0 Å². The minimum atomic E-state index is -0.0454. The molecule has 1 amide bonds. The summed E-state index contributed by atoms with van der Waals surface area (Å²) in [5.41, 5.74) is 6.56. The highest BCUT2D eigenvalue weighted by Gasteiger charge is 2.20. The van der Waals surface area contributed by atoms with E-state index in [0.717, 1.165) is 18.4 Å². The van der Waals surface area contributed by atoms with Crippen LogP contribution in [-0.4, -0.2) is 18.6 Å². The predicted molar refractivity (Wildman–Crippen MR) is 79.4 cm³/mol. The van der Waals surface area contributed by atoms with E-state index in [-0.39, 0.29) is 12.5 Å². The van der Waals surface area contributed by atoms with Crippen LogP contribution in [0.5, 0.6) is 5.75 Å². The van der Waals surface area contributed by atoms with Gasteiger partial charge in [-0.1, -0.05) is 38.0 Å².